The van der Waals surface area contributed by atoms with Crippen LogP contribution < -0.4 is 0 Å². The largest absolute Gasteiger partial charge is 0.444 e. The molecule has 1 atom stereocenters. The van der Waals surface area contributed by atoms with Crippen molar-refractivity contribution in [1.82, 2.24) is 9.80 Å². The molecule has 0 aromatic heterocycles. The van der Waals surface area contributed by atoms with Crippen molar-refractivity contribution in [2.24, 2.45) is 5.92 Å². The minimum absolute atomic E-state index is 0.0641. The molecule has 1 aromatic rings. The van der Waals surface area contributed by atoms with Crippen molar-refractivity contribution in [2.75, 3.05) is 32.7 Å². The molecule has 2 aliphatic heterocycles. The summed E-state index contributed by atoms with van der Waals surface area (Å²) in [6.45, 7) is 6.92. The lowest BCUT2D eigenvalue weighted by atomic mass is 9.90. The van der Waals surface area contributed by atoms with Gasteiger partial charge in [-0.05, 0) is 74.9 Å². The third-order valence-electron chi connectivity index (χ3n) is 5.43. The number of piperidine rings is 1. The maximum atomic E-state index is 11.8. The zero-order valence-electron chi connectivity index (χ0n) is 15.4. The Labute approximate surface area is 169 Å². The maximum Gasteiger partial charge on any atom is 0.410 e. The van der Waals surface area contributed by atoms with Crippen LogP contribution in [-0.4, -0.2) is 54.7 Å². The van der Waals surface area contributed by atoms with Gasteiger partial charge in [-0.15, -0.1) is 0 Å². The van der Waals surface area contributed by atoms with Gasteiger partial charge in [-0.1, -0.05) is 34.5 Å². The zero-order chi connectivity index (χ0) is 18.5. The lowest BCUT2D eigenvalue weighted by Gasteiger charge is -2.32. The number of carbonyl (C=O) groups is 1. The van der Waals surface area contributed by atoms with Crippen LogP contribution in [-0.2, 0) is 11.2 Å². The number of likely N-dealkylation sites (tertiary alicyclic amines) is 1. The second kappa shape index (κ2) is 9.43. The zero-order valence-corrected chi connectivity index (χ0v) is 17.8. The van der Waals surface area contributed by atoms with Gasteiger partial charge < -0.3 is 14.5 Å². The first-order chi connectivity index (χ1) is 12.5. The second-order valence-corrected chi connectivity index (χ2v) is 8.76. The molecule has 0 radical (unpaired) electrons. The average molecular weight is 444 g/mol. The molecular formula is C20H28BrClN2O2. The van der Waals surface area contributed by atoms with E-state index in [1.54, 1.807) is 0 Å². The quantitative estimate of drug-likeness (QED) is 0.596. The number of carbonyl (C=O) groups excluding carboxylic acids is 1. The van der Waals surface area contributed by atoms with Crippen LogP contribution in [0.3, 0.4) is 0 Å². The highest BCUT2D eigenvalue weighted by Crippen LogP contribution is 2.28. The van der Waals surface area contributed by atoms with Crippen LogP contribution in [0, 0.1) is 5.92 Å². The number of nitrogens with zero attached hydrogens (tertiary/aromatic N) is 2. The van der Waals surface area contributed by atoms with Crippen molar-refractivity contribution in [3.05, 3.63) is 33.3 Å². The van der Waals surface area contributed by atoms with Gasteiger partial charge in [-0.25, -0.2) is 4.79 Å². The molecule has 6 heteroatoms. The normalized spacial score (nSPS) is 22.0. The molecule has 4 nitrogen and oxygen atoms in total. The third kappa shape index (κ3) is 5.37. The van der Waals surface area contributed by atoms with Crippen molar-refractivity contribution in [1.29, 1.82) is 0 Å². The Balaban J connectivity index is 1.39. The van der Waals surface area contributed by atoms with Gasteiger partial charge in [-0.3, -0.25) is 0 Å². The van der Waals surface area contributed by atoms with E-state index in [0.29, 0.717) is 5.92 Å². The number of cyclic esters (lactones) is 1. The van der Waals surface area contributed by atoms with E-state index in [1.807, 2.05) is 17.0 Å². The van der Waals surface area contributed by atoms with Crippen molar-refractivity contribution >= 4 is 33.6 Å². The minimum Gasteiger partial charge on any atom is -0.444 e. The molecule has 0 N–H and O–H groups in total. The first kappa shape index (κ1) is 20.0. The number of halogens is 2. The molecule has 26 heavy (non-hydrogen) atoms. The van der Waals surface area contributed by atoms with E-state index in [2.05, 4.69) is 33.8 Å². The Morgan fingerprint density at radius 3 is 2.77 bits per heavy atom. The molecule has 0 saturated carbocycles. The number of amides is 1. The summed E-state index contributed by atoms with van der Waals surface area (Å²) >= 11 is 9.77. The van der Waals surface area contributed by atoms with Crippen LogP contribution in [0.15, 0.2) is 22.7 Å². The van der Waals surface area contributed by atoms with E-state index in [4.69, 9.17) is 16.3 Å². The van der Waals surface area contributed by atoms with Crippen LogP contribution in [0.1, 0.15) is 38.2 Å². The molecule has 2 fully saturated rings. The Morgan fingerprint density at radius 1 is 1.27 bits per heavy atom. The van der Waals surface area contributed by atoms with Gasteiger partial charge in [0.15, 0.2) is 0 Å². The number of ether oxygens (including phenoxy) is 1. The van der Waals surface area contributed by atoms with Gasteiger partial charge in [0, 0.05) is 22.6 Å². The summed E-state index contributed by atoms with van der Waals surface area (Å²) in [6, 6.07) is 6.04. The van der Waals surface area contributed by atoms with Gasteiger partial charge in [-0.2, -0.15) is 0 Å². The molecule has 0 spiro atoms. The molecule has 1 unspecified atom stereocenters. The van der Waals surface area contributed by atoms with E-state index < -0.39 is 0 Å². The van der Waals surface area contributed by atoms with Crippen LogP contribution in [0.4, 0.5) is 4.79 Å². The van der Waals surface area contributed by atoms with E-state index >= 15 is 0 Å². The Bertz CT molecular complexity index is 620. The Morgan fingerprint density at radius 2 is 2.04 bits per heavy atom. The summed E-state index contributed by atoms with van der Waals surface area (Å²) in [5, 5.41) is 0.809. The molecule has 1 aromatic carbocycles. The third-order valence-corrected chi connectivity index (χ3v) is 6.44. The number of hydrogen-bond donors (Lipinski definition) is 0. The lowest BCUT2D eigenvalue weighted by molar-refractivity contribution is 0.113. The van der Waals surface area contributed by atoms with Gasteiger partial charge in [0.05, 0.1) is 6.54 Å². The summed E-state index contributed by atoms with van der Waals surface area (Å²) in [4.78, 5) is 16.1. The van der Waals surface area contributed by atoms with Gasteiger partial charge in [0.2, 0.25) is 0 Å². The van der Waals surface area contributed by atoms with Crippen LogP contribution in [0.5, 0.6) is 0 Å². The van der Waals surface area contributed by atoms with Crippen molar-refractivity contribution in [3.8, 4) is 0 Å². The average Bonchev–Trinajstić information content (AvgIpc) is 2.98. The van der Waals surface area contributed by atoms with E-state index in [0.717, 1.165) is 61.5 Å². The fourth-order valence-electron chi connectivity index (χ4n) is 3.93. The standard InChI is InChI=1S/C20H28BrClN2O2/c1-2-8-24-14-18(26-20(24)25)7-11-23-9-5-15(6-10-23)12-16-13-17(22)3-4-19(16)21/h3-4,13,15,18H,2,5-12,14H2,1H3. The molecule has 2 aliphatic rings. The first-order valence-electron chi connectivity index (χ1n) is 9.67. The highest BCUT2D eigenvalue weighted by atomic mass is 79.9. The summed E-state index contributed by atoms with van der Waals surface area (Å²) in [5.41, 5.74) is 1.31. The molecule has 2 saturated heterocycles. The highest BCUT2D eigenvalue weighted by Gasteiger charge is 2.31. The summed E-state index contributed by atoms with van der Waals surface area (Å²) < 4.78 is 6.64. The van der Waals surface area contributed by atoms with E-state index in [-0.39, 0.29) is 12.2 Å². The Kier molecular flexibility index (Phi) is 7.24. The molecule has 144 valence electrons. The molecule has 0 bridgehead atoms. The van der Waals surface area contributed by atoms with Gasteiger partial charge in [0.1, 0.15) is 6.10 Å². The first-order valence-corrected chi connectivity index (χ1v) is 10.8. The molecule has 2 heterocycles. The monoisotopic (exact) mass is 442 g/mol. The molecule has 0 aliphatic carbocycles. The second-order valence-electron chi connectivity index (χ2n) is 7.47. The van der Waals surface area contributed by atoms with E-state index in [1.165, 1.54) is 18.4 Å². The van der Waals surface area contributed by atoms with Crippen molar-refractivity contribution in [3.63, 3.8) is 0 Å². The van der Waals surface area contributed by atoms with E-state index in [9.17, 15) is 4.79 Å². The molecule has 3 rings (SSSR count). The number of hydrogen-bond acceptors (Lipinski definition) is 3. The number of benzene rings is 1. The topological polar surface area (TPSA) is 32.8 Å². The predicted octanol–water partition coefficient (Wildman–Crippen LogP) is 4.98. The SMILES string of the molecule is CCCN1CC(CCN2CCC(Cc3cc(Cl)ccc3Br)CC2)OC1=O. The molecule has 1 amide bonds. The summed E-state index contributed by atoms with van der Waals surface area (Å²) in [5.74, 6) is 0.713. The van der Waals surface area contributed by atoms with Crippen molar-refractivity contribution in [2.45, 2.75) is 45.1 Å². The van der Waals surface area contributed by atoms with Crippen LogP contribution in [0.25, 0.3) is 0 Å². The fraction of sp³-hybridized carbons (Fsp3) is 0.650. The smallest absolute Gasteiger partial charge is 0.410 e. The van der Waals surface area contributed by atoms with Crippen LogP contribution >= 0.6 is 27.5 Å². The fourth-order valence-corrected chi connectivity index (χ4v) is 4.53. The van der Waals surface area contributed by atoms with Gasteiger partial charge >= 0.3 is 6.09 Å². The minimum atomic E-state index is -0.136. The number of rotatable bonds is 7. The van der Waals surface area contributed by atoms with Crippen molar-refractivity contribution < 1.29 is 9.53 Å². The predicted molar refractivity (Wildman–Crippen MR) is 109 cm³/mol. The van der Waals surface area contributed by atoms with Crippen LogP contribution in [0.2, 0.25) is 5.02 Å². The highest BCUT2D eigenvalue weighted by molar-refractivity contribution is 9.10. The van der Waals surface area contributed by atoms with Gasteiger partial charge in [0.25, 0.3) is 0 Å². The maximum absolute atomic E-state index is 11.8. The summed E-state index contributed by atoms with van der Waals surface area (Å²) in [6.07, 6.45) is 5.36. The Hall–Kier alpha value is -0.780. The molecular weight excluding hydrogens is 416 g/mol. The summed E-state index contributed by atoms with van der Waals surface area (Å²) in [7, 11) is 0. The lowest BCUT2D eigenvalue weighted by Crippen LogP contribution is -2.36.